The first kappa shape index (κ1) is 12.2. The number of carbonyl (C=O) groups is 2. The number of hydrogen-bond donors (Lipinski definition) is 1. The maximum Gasteiger partial charge on any atom is 0.326 e. The van der Waals surface area contributed by atoms with Gasteiger partial charge in [-0.2, -0.15) is 0 Å². The number of amides is 1. The van der Waals surface area contributed by atoms with E-state index in [1.165, 1.54) is 11.9 Å². The molecular formula is C8H14ClNO3. The van der Waals surface area contributed by atoms with Crippen LogP contribution in [-0.4, -0.2) is 40.9 Å². The number of nitrogens with zero attached hydrogens (tertiary/aromatic N) is 1. The minimum atomic E-state index is -0.984. The molecule has 0 aromatic heterocycles. The topological polar surface area (TPSA) is 57.6 Å². The maximum absolute atomic E-state index is 11.1. The molecule has 0 aromatic carbocycles. The summed E-state index contributed by atoms with van der Waals surface area (Å²) in [6.07, 6.45) is 1.17. The number of alkyl halides is 1. The van der Waals surface area contributed by atoms with Crippen molar-refractivity contribution in [2.45, 2.75) is 25.8 Å². The van der Waals surface area contributed by atoms with E-state index in [-0.39, 0.29) is 11.8 Å². The average Bonchev–Trinajstić information content (AvgIpc) is 2.11. The van der Waals surface area contributed by atoms with E-state index in [0.717, 1.165) is 6.42 Å². The van der Waals surface area contributed by atoms with Gasteiger partial charge in [0.05, 0.1) is 0 Å². The summed E-state index contributed by atoms with van der Waals surface area (Å²) in [5.41, 5.74) is 0. The molecule has 1 unspecified atom stereocenters. The minimum Gasteiger partial charge on any atom is -0.480 e. The summed E-state index contributed by atoms with van der Waals surface area (Å²) in [7, 11) is 1.46. The van der Waals surface area contributed by atoms with E-state index in [9.17, 15) is 9.59 Å². The molecule has 0 bridgehead atoms. The second-order valence-corrected chi connectivity index (χ2v) is 3.05. The maximum atomic E-state index is 11.1. The molecule has 0 rings (SSSR count). The lowest BCUT2D eigenvalue weighted by molar-refractivity contribution is -0.148. The second kappa shape index (κ2) is 5.80. The Morgan fingerprint density at radius 3 is 2.38 bits per heavy atom. The predicted octanol–water partition coefficient (Wildman–Crippen LogP) is 0.937. The summed E-state index contributed by atoms with van der Waals surface area (Å²) in [4.78, 5) is 23.0. The van der Waals surface area contributed by atoms with Gasteiger partial charge >= 0.3 is 5.97 Å². The molecule has 0 heterocycles. The molecule has 0 spiro atoms. The van der Waals surface area contributed by atoms with Gasteiger partial charge in [-0.1, -0.05) is 13.3 Å². The zero-order valence-electron chi connectivity index (χ0n) is 7.79. The molecule has 0 aliphatic rings. The van der Waals surface area contributed by atoms with Crippen LogP contribution in [0.3, 0.4) is 0 Å². The molecule has 0 radical (unpaired) electrons. The number of halogens is 1. The summed E-state index contributed by atoms with van der Waals surface area (Å²) in [6, 6.07) is -0.753. The number of hydrogen-bond acceptors (Lipinski definition) is 2. The lowest BCUT2D eigenvalue weighted by Gasteiger charge is -2.23. The van der Waals surface area contributed by atoms with Crippen molar-refractivity contribution in [2.24, 2.45) is 0 Å². The quantitative estimate of drug-likeness (QED) is 0.683. The van der Waals surface area contributed by atoms with Crippen molar-refractivity contribution in [3.63, 3.8) is 0 Å². The number of rotatable bonds is 5. The van der Waals surface area contributed by atoms with E-state index in [1.807, 2.05) is 6.92 Å². The molecule has 0 saturated heterocycles. The van der Waals surface area contributed by atoms with Crippen molar-refractivity contribution in [1.82, 2.24) is 4.90 Å². The first-order chi connectivity index (χ1) is 6.04. The normalized spacial score (nSPS) is 12.2. The molecule has 0 fully saturated rings. The fourth-order valence-corrected chi connectivity index (χ4v) is 1.21. The Morgan fingerprint density at radius 1 is 1.54 bits per heavy atom. The molecule has 1 N–H and O–H groups in total. The van der Waals surface area contributed by atoms with Crippen LogP contribution in [0.2, 0.25) is 0 Å². The molecule has 1 atom stereocenters. The van der Waals surface area contributed by atoms with Crippen LogP contribution in [-0.2, 0) is 9.59 Å². The summed E-state index contributed by atoms with van der Waals surface area (Å²) < 4.78 is 0. The zero-order chi connectivity index (χ0) is 10.4. The van der Waals surface area contributed by atoms with E-state index < -0.39 is 12.0 Å². The van der Waals surface area contributed by atoms with E-state index in [0.29, 0.717) is 6.42 Å². The van der Waals surface area contributed by atoms with Crippen LogP contribution in [0, 0.1) is 0 Å². The number of carboxylic acid groups (broad SMARTS) is 1. The monoisotopic (exact) mass is 207 g/mol. The van der Waals surface area contributed by atoms with Gasteiger partial charge in [-0.3, -0.25) is 4.79 Å². The van der Waals surface area contributed by atoms with Crippen LogP contribution in [0.4, 0.5) is 0 Å². The van der Waals surface area contributed by atoms with Gasteiger partial charge in [-0.25, -0.2) is 4.79 Å². The second-order valence-electron chi connectivity index (χ2n) is 2.78. The average molecular weight is 208 g/mol. The Hall–Kier alpha value is -0.770. The first-order valence-electron chi connectivity index (χ1n) is 4.09. The standard InChI is InChI=1S/C8H14ClNO3/c1-3-4-6(8(12)13)10(2)7(11)5-9/h6H,3-5H2,1-2H3,(H,12,13). The summed E-state index contributed by atoms with van der Waals surface area (Å²) in [6.45, 7) is 1.87. The lowest BCUT2D eigenvalue weighted by Crippen LogP contribution is -2.42. The van der Waals surface area contributed by atoms with Gasteiger partial charge in [0.1, 0.15) is 11.9 Å². The molecule has 76 valence electrons. The van der Waals surface area contributed by atoms with Gasteiger partial charge in [-0.05, 0) is 6.42 Å². The highest BCUT2D eigenvalue weighted by Crippen LogP contribution is 2.06. The fraction of sp³-hybridized carbons (Fsp3) is 0.750. The Bertz CT molecular complexity index is 196. The molecule has 5 heteroatoms. The van der Waals surface area contributed by atoms with Gasteiger partial charge in [0, 0.05) is 7.05 Å². The Kier molecular flexibility index (Phi) is 5.46. The highest BCUT2D eigenvalue weighted by Gasteiger charge is 2.24. The van der Waals surface area contributed by atoms with Crippen LogP contribution in [0.25, 0.3) is 0 Å². The van der Waals surface area contributed by atoms with Gasteiger partial charge < -0.3 is 10.0 Å². The molecule has 0 aromatic rings. The molecule has 0 aliphatic carbocycles. The smallest absolute Gasteiger partial charge is 0.326 e. The fourth-order valence-electron chi connectivity index (χ4n) is 1.02. The molecule has 13 heavy (non-hydrogen) atoms. The Balaban J connectivity index is 4.35. The number of carboxylic acids is 1. The third-order valence-corrected chi connectivity index (χ3v) is 2.05. The largest absolute Gasteiger partial charge is 0.480 e. The molecule has 4 nitrogen and oxygen atoms in total. The van der Waals surface area contributed by atoms with Crippen molar-refractivity contribution < 1.29 is 14.7 Å². The predicted molar refractivity (Wildman–Crippen MR) is 49.8 cm³/mol. The van der Waals surface area contributed by atoms with Crippen molar-refractivity contribution in [2.75, 3.05) is 12.9 Å². The van der Waals surface area contributed by atoms with Crippen LogP contribution < -0.4 is 0 Å². The number of carbonyl (C=O) groups excluding carboxylic acids is 1. The Morgan fingerprint density at radius 2 is 2.08 bits per heavy atom. The van der Waals surface area contributed by atoms with Crippen LogP contribution in [0.5, 0.6) is 0 Å². The van der Waals surface area contributed by atoms with E-state index in [2.05, 4.69) is 0 Å². The molecule has 0 saturated carbocycles. The van der Waals surface area contributed by atoms with E-state index in [1.54, 1.807) is 0 Å². The molecular weight excluding hydrogens is 194 g/mol. The van der Waals surface area contributed by atoms with Crippen molar-refractivity contribution in [1.29, 1.82) is 0 Å². The van der Waals surface area contributed by atoms with Gasteiger partial charge in [-0.15, -0.1) is 11.6 Å². The summed E-state index contributed by atoms with van der Waals surface area (Å²) >= 11 is 5.31. The third-order valence-electron chi connectivity index (χ3n) is 1.82. The van der Waals surface area contributed by atoms with Gasteiger partial charge in [0.2, 0.25) is 5.91 Å². The van der Waals surface area contributed by atoms with Crippen molar-refractivity contribution in [3.05, 3.63) is 0 Å². The highest BCUT2D eigenvalue weighted by molar-refractivity contribution is 6.27. The number of aliphatic carboxylic acids is 1. The molecule has 0 aliphatic heterocycles. The van der Waals surface area contributed by atoms with Crippen LogP contribution >= 0.6 is 11.6 Å². The molecule has 1 amide bonds. The van der Waals surface area contributed by atoms with Gasteiger partial charge in [0.15, 0.2) is 0 Å². The SMILES string of the molecule is CCCC(C(=O)O)N(C)C(=O)CCl. The van der Waals surface area contributed by atoms with Crippen LogP contribution in [0.1, 0.15) is 19.8 Å². The summed E-state index contributed by atoms with van der Waals surface area (Å²) in [5.74, 6) is -1.52. The summed E-state index contributed by atoms with van der Waals surface area (Å²) in [5, 5.41) is 8.78. The van der Waals surface area contributed by atoms with Gasteiger partial charge in [0.25, 0.3) is 0 Å². The highest BCUT2D eigenvalue weighted by atomic mass is 35.5. The van der Waals surface area contributed by atoms with E-state index in [4.69, 9.17) is 16.7 Å². The van der Waals surface area contributed by atoms with Crippen molar-refractivity contribution in [3.8, 4) is 0 Å². The van der Waals surface area contributed by atoms with Crippen LogP contribution in [0.15, 0.2) is 0 Å². The Labute approximate surface area is 82.5 Å². The third kappa shape index (κ3) is 3.63. The lowest BCUT2D eigenvalue weighted by atomic mass is 10.1. The van der Waals surface area contributed by atoms with Crippen molar-refractivity contribution >= 4 is 23.5 Å². The zero-order valence-corrected chi connectivity index (χ0v) is 8.54. The van der Waals surface area contributed by atoms with E-state index >= 15 is 0 Å². The number of likely N-dealkylation sites (N-methyl/N-ethyl adjacent to an activating group) is 1. The first-order valence-corrected chi connectivity index (χ1v) is 4.62. The minimum absolute atomic E-state index is 0.177.